The quantitative estimate of drug-likeness (QED) is 0.925. The minimum absolute atomic E-state index is 0.101. The number of hydrogen-bond donors (Lipinski definition) is 1. The third-order valence-electron chi connectivity index (χ3n) is 2.85. The van der Waals surface area contributed by atoms with E-state index in [-0.39, 0.29) is 12.5 Å². The van der Waals surface area contributed by atoms with Crippen molar-refractivity contribution in [1.29, 1.82) is 0 Å². The Morgan fingerprint density at radius 1 is 1.59 bits per heavy atom. The standard InChI is InChI=1S/C12H14BrClN2O/c1-16(9-3-4-9)12(17)7-15-11-6-8(13)2-5-10(11)14/h2,5-6,9,15H,3-4,7H2,1H3. The summed E-state index contributed by atoms with van der Waals surface area (Å²) in [5.41, 5.74) is 0.776. The maximum absolute atomic E-state index is 11.8. The molecule has 3 nitrogen and oxygen atoms in total. The summed E-state index contributed by atoms with van der Waals surface area (Å²) in [5, 5.41) is 3.68. The first-order valence-corrected chi connectivity index (χ1v) is 6.69. The molecule has 0 aliphatic heterocycles. The molecule has 1 fully saturated rings. The Hall–Kier alpha value is -0.740. The molecule has 2 rings (SSSR count). The first-order chi connectivity index (χ1) is 8.08. The molecule has 1 saturated carbocycles. The zero-order valence-electron chi connectivity index (χ0n) is 9.54. The highest BCUT2D eigenvalue weighted by Crippen LogP contribution is 2.27. The van der Waals surface area contributed by atoms with Crippen LogP contribution in [0.3, 0.4) is 0 Å². The van der Waals surface area contributed by atoms with E-state index >= 15 is 0 Å². The summed E-state index contributed by atoms with van der Waals surface area (Å²) in [5.74, 6) is 0.101. The summed E-state index contributed by atoms with van der Waals surface area (Å²) in [4.78, 5) is 13.6. The van der Waals surface area contributed by atoms with Crippen LogP contribution >= 0.6 is 27.5 Å². The molecule has 17 heavy (non-hydrogen) atoms. The van der Waals surface area contributed by atoms with Gasteiger partial charge in [0.2, 0.25) is 5.91 Å². The summed E-state index contributed by atoms with van der Waals surface area (Å²) < 4.78 is 0.937. The van der Waals surface area contributed by atoms with Crippen molar-refractivity contribution >= 4 is 39.1 Å². The lowest BCUT2D eigenvalue weighted by molar-refractivity contribution is -0.128. The summed E-state index contributed by atoms with van der Waals surface area (Å²) in [7, 11) is 1.85. The van der Waals surface area contributed by atoms with Gasteiger partial charge in [-0.15, -0.1) is 0 Å². The van der Waals surface area contributed by atoms with Crippen molar-refractivity contribution in [2.45, 2.75) is 18.9 Å². The maximum Gasteiger partial charge on any atom is 0.241 e. The van der Waals surface area contributed by atoms with Crippen molar-refractivity contribution in [3.8, 4) is 0 Å². The van der Waals surface area contributed by atoms with Gasteiger partial charge in [-0.2, -0.15) is 0 Å². The Bertz CT molecular complexity index is 435. The van der Waals surface area contributed by atoms with Gasteiger partial charge in [0.15, 0.2) is 0 Å². The van der Waals surface area contributed by atoms with Crippen LogP contribution in [0.5, 0.6) is 0 Å². The van der Waals surface area contributed by atoms with E-state index < -0.39 is 0 Å². The van der Waals surface area contributed by atoms with Crippen LogP contribution in [0.2, 0.25) is 5.02 Å². The number of carbonyl (C=O) groups excluding carboxylic acids is 1. The van der Waals surface area contributed by atoms with E-state index in [4.69, 9.17) is 11.6 Å². The molecule has 0 radical (unpaired) electrons. The fourth-order valence-electron chi connectivity index (χ4n) is 1.59. The molecule has 1 aliphatic carbocycles. The first kappa shape index (κ1) is 12.7. The van der Waals surface area contributed by atoms with Gasteiger partial charge in [0, 0.05) is 17.6 Å². The van der Waals surface area contributed by atoms with Crippen LogP contribution < -0.4 is 5.32 Å². The zero-order valence-corrected chi connectivity index (χ0v) is 11.9. The predicted molar refractivity (Wildman–Crippen MR) is 73.4 cm³/mol. The monoisotopic (exact) mass is 316 g/mol. The summed E-state index contributed by atoms with van der Waals surface area (Å²) in [6.07, 6.45) is 2.25. The second-order valence-electron chi connectivity index (χ2n) is 4.21. The molecule has 92 valence electrons. The summed E-state index contributed by atoms with van der Waals surface area (Å²) >= 11 is 9.40. The Kier molecular flexibility index (Phi) is 3.94. The lowest BCUT2D eigenvalue weighted by atomic mass is 10.3. The maximum atomic E-state index is 11.8. The predicted octanol–water partition coefficient (Wildman–Crippen LogP) is 3.14. The number of hydrogen-bond acceptors (Lipinski definition) is 2. The Labute approximate surface area is 114 Å². The van der Waals surface area contributed by atoms with Gasteiger partial charge in [-0.3, -0.25) is 4.79 Å². The highest BCUT2D eigenvalue weighted by atomic mass is 79.9. The van der Waals surface area contributed by atoms with Crippen molar-refractivity contribution in [2.75, 3.05) is 18.9 Å². The molecule has 0 aromatic heterocycles. The second-order valence-corrected chi connectivity index (χ2v) is 5.54. The average molecular weight is 318 g/mol. The van der Waals surface area contributed by atoms with E-state index in [0.29, 0.717) is 11.1 Å². The number of anilines is 1. The van der Waals surface area contributed by atoms with E-state index in [9.17, 15) is 4.79 Å². The van der Waals surface area contributed by atoms with Crippen LogP contribution in [0.25, 0.3) is 0 Å². The Morgan fingerprint density at radius 2 is 2.29 bits per heavy atom. The third-order valence-corrected chi connectivity index (χ3v) is 3.67. The smallest absolute Gasteiger partial charge is 0.241 e. The fourth-order valence-corrected chi connectivity index (χ4v) is 2.14. The number of carbonyl (C=O) groups is 1. The van der Waals surface area contributed by atoms with Crippen molar-refractivity contribution in [3.63, 3.8) is 0 Å². The second kappa shape index (κ2) is 5.27. The molecular weight excluding hydrogens is 304 g/mol. The molecule has 1 amide bonds. The summed E-state index contributed by atoms with van der Waals surface area (Å²) in [6.45, 7) is 0.281. The molecule has 0 saturated heterocycles. The number of likely N-dealkylation sites (N-methyl/N-ethyl adjacent to an activating group) is 1. The van der Waals surface area contributed by atoms with Crippen LogP contribution in [-0.2, 0) is 4.79 Å². The normalized spacial score (nSPS) is 14.5. The molecule has 1 aromatic rings. The number of nitrogens with zero attached hydrogens (tertiary/aromatic N) is 1. The first-order valence-electron chi connectivity index (χ1n) is 5.52. The molecule has 1 N–H and O–H groups in total. The molecule has 1 aliphatic rings. The van der Waals surface area contributed by atoms with Crippen LogP contribution in [0.15, 0.2) is 22.7 Å². The van der Waals surface area contributed by atoms with Crippen molar-refractivity contribution in [3.05, 3.63) is 27.7 Å². The lowest BCUT2D eigenvalue weighted by Crippen LogP contribution is -2.33. The van der Waals surface area contributed by atoms with E-state index in [1.807, 2.05) is 19.2 Å². The van der Waals surface area contributed by atoms with E-state index in [1.165, 1.54) is 0 Å². The van der Waals surface area contributed by atoms with Gasteiger partial charge in [0.1, 0.15) is 0 Å². The van der Waals surface area contributed by atoms with Gasteiger partial charge in [-0.25, -0.2) is 0 Å². The van der Waals surface area contributed by atoms with Crippen LogP contribution in [0, 0.1) is 0 Å². The molecule has 0 unspecified atom stereocenters. The van der Waals surface area contributed by atoms with E-state index in [1.54, 1.807) is 11.0 Å². The number of benzene rings is 1. The van der Waals surface area contributed by atoms with E-state index in [0.717, 1.165) is 23.0 Å². The fraction of sp³-hybridized carbons (Fsp3) is 0.417. The average Bonchev–Trinajstić information content (AvgIpc) is 3.13. The zero-order chi connectivity index (χ0) is 12.4. The van der Waals surface area contributed by atoms with Crippen LogP contribution in [-0.4, -0.2) is 30.4 Å². The SMILES string of the molecule is CN(C(=O)CNc1cc(Br)ccc1Cl)C1CC1. The number of amides is 1. The van der Waals surface area contributed by atoms with Crippen molar-refractivity contribution in [1.82, 2.24) is 4.90 Å². The van der Waals surface area contributed by atoms with Gasteiger partial charge >= 0.3 is 0 Å². The molecule has 0 atom stereocenters. The Balaban J connectivity index is 1.92. The third kappa shape index (κ3) is 3.36. The lowest BCUT2D eigenvalue weighted by Gasteiger charge is -2.17. The highest BCUT2D eigenvalue weighted by molar-refractivity contribution is 9.10. The van der Waals surface area contributed by atoms with Crippen molar-refractivity contribution < 1.29 is 4.79 Å². The number of rotatable bonds is 4. The van der Waals surface area contributed by atoms with Gasteiger partial charge < -0.3 is 10.2 Å². The molecule has 0 heterocycles. The van der Waals surface area contributed by atoms with Crippen molar-refractivity contribution in [2.24, 2.45) is 0 Å². The van der Waals surface area contributed by atoms with Crippen LogP contribution in [0.1, 0.15) is 12.8 Å². The topological polar surface area (TPSA) is 32.3 Å². The van der Waals surface area contributed by atoms with Gasteiger partial charge in [-0.05, 0) is 31.0 Å². The summed E-state index contributed by atoms with van der Waals surface area (Å²) in [6, 6.07) is 5.98. The van der Waals surface area contributed by atoms with Gasteiger partial charge in [-0.1, -0.05) is 27.5 Å². The number of nitrogens with one attached hydrogen (secondary N) is 1. The minimum atomic E-state index is 0.101. The molecule has 5 heteroatoms. The number of halogens is 2. The molecular formula is C12H14BrClN2O. The van der Waals surface area contributed by atoms with Gasteiger partial charge in [0.25, 0.3) is 0 Å². The molecule has 1 aromatic carbocycles. The molecule has 0 bridgehead atoms. The van der Waals surface area contributed by atoms with Gasteiger partial charge in [0.05, 0.1) is 17.3 Å². The largest absolute Gasteiger partial charge is 0.375 e. The molecule has 0 spiro atoms. The van der Waals surface area contributed by atoms with E-state index in [2.05, 4.69) is 21.2 Å². The minimum Gasteiger partial charge on any atom is -0.375 e. The Morgan fingerprint density at radius 3 is 2.94 bits per heavy atom. The van der Waals surface area contributed by atoms with Crippen LogP contribution in [0.4, 0.5) is 5.69 Å². The highest BCUT2D eigenvalue weighted by Gasteiger charge is 2.29.